The lowest BCUT2D eigenvalue weighted by Gasteiger charge is -2.36. The Morgan fingerprint density at radius 1 is 1.50 bits per heavy atom. The van der Waals surface area contributed by atoms with Crippen LogP contribution in [0, 0.1) is 5.92 Å². The van der Waals surface area contributed by atoms with E-state index >= 15 is 0 Å². The molecule has 4 amide bonds. The van der Waals surface area contributed by atoms with Gasteiger partial charge in [-0.25, -0.2) is 9.78 Å². The van der Waals surface area contributed by atoms with Crippen LogP contribution in [-0.2, 0) is 16.1 Å². The Morgan fingerprint density at radius 3 is 2.96 bits per heavy atom. The van der Waals surface area contributed by atoms with E-state index in [-0.39, 0.29) is 24.3 Å². The molecule has 1 saturated heterocycles. The monoisotopic (exact) mass is 350 g/mol. The molecule has 1 spiro atoms. The molecule has 3 rings (SSSR count). The predicted molar refractivity (Wildman–Crippen MR) is 89.2 cm³/mol. The van der Waals surface area contributed by atoms with Gasteiger partial charge in [0.25, 0.3) is 5.91 Å². The minimum Gasteiger partial charge on any atom is -0.338 e. The van der Waals surface area contributed by atoms with Gasteiger partial charge in [-0.3, -0.25) is 14.5 Å². The van der Waals surface area contributed by atoms with Crippen LogP contribution < -0.4 is 5.32 Å². The molecule has 2 fully saturated rings. The predicted octanol–water partition coefficient (Wildman–Crippen LogP) is 1.60. The van der Waals surface area contributed by atoms with E-state index in [0.717, 1.165) is 29.9 Å². The van der Waals surface area contributed by atoms with Crippen molar-refractivity contribution >= 4 is 29.2 Å². The Morgan fingerprint density at radius 2 is 2.29 bits per heavy atom. The molecule has 2 atom stereocenters. The number of carbonyl (C=O) groups is 3. The minimum absolute atomic E-state index is 0.0931. The maximum atomic E-state index is 12.8. The third-order valence-corrected chi connectivity index (χ3v) is 5.74. The fourth-order valence-electron chi connectivity index (χ4n) is 3.54. The highest BCUT2D eigenvalue weighted by atomic mass is 32.1. The molecule has 8 heteroatoms. The highest BCUT2D eigenvalue weighted by Gasteiger charge is 2.55. The first-order valence-corrected chi connectivity index (χ1v) is 9.13. The summed E-state index contributed by atoms with van der Waals surface area (Å²) in [6.45, 7) is 2.14. The molecule has 1 aliphatic heterocycles. The van der Waals surface area contributed by atoms with Crippen molar-refractivity contribution in [1.82, 2.24) is 20.1 Å². The second kappa shape index (κ2) is 6.51. The van der Waals surface area contributed by atoms with Crippen molar-refractivity contribution in [2.24, 2.45) is 5.92 Å². The zero-order valence-corrected chi connectivity index (χ0v) is 14.8. The number of nitrogens with one attached hydrogen (secondary N) is 1. The molecule has 2 heterocycles. The second-order valence-electron chi connectivity index (χ2n) is 6.67. The van der Waals surface area contributed by atoms with Gasteiger partial charge < -0.3 is 10.2 Å². The zero-order chi connectivity index (χ0) is 17.3. The number of likely N-dealkylation sites (N-methyl/N-ethyl adjacent to an activating group) is 1. The van der Waals surface area contributed by atoms with Gasteiger partial charge in [-0.05, 0) is 18.8 Å². The van der Waals surface area contributed by atoms with Gasteiger partial charge in [0.05, 0.1) is 17.7 Å². The van der Waals surface area contributed by atoms with Crippen LogP contribution in [0.2, 0.25) is 0 Å². The molecule has 1 saturated carbocycles. The largest absolute Gasteiger partial charge is 0.338 e. The SMILES string of the molecule is C[C@H]1CCCC[C@@]12NC(=O)N(CC(=O)N(C)Cc1cscn1)C2=O. The van der Waals surface area contributed by atoms with E-state index in [0.29, 0.717) is 13.0 Å². The van der Waals surface area contributed by atoms with Crippen LogP contribution >= 0.6 is 11.3 Å². The second-order valence-corrected chi connectivity index (χ2v) is 7.39. The van der Waals surface area contributed by atoms with E-state index in [9.17, 15) is 14.4 Å². The maximum absolute atomic E-state index is 12.8. The first kappa shape index (κ1) is 16.9. The van der Waals surface area contributed by atoms with Gasteiger partial charge >= 0.3 is 6.03 Å². The van der Waals surface area contributed by atoms with Crippen LogP contribution in [-0.4, -0.2) is 51.8 Å². The van der Waals surface area contributed by atoms with Crippen molar-refractivity contribution in [2.75, 3.05) is 13.6 Å². The number of urea groups is 1. The number of hydrogen-bond donors (Lipinski definition) is 1. The number of hydrogen-bond acceptors (Lipinski definition) is 5. The molecule has 0 radical (unpaired) electrons. The van der Waals surface area contributed by atoms with Gasteiger partial charge in [-0.15, -0.1) is 11.3 Å². The van der Waals surface area contributed by atoms with Crippen molar-refractivity contribution in [3.8, 4) is 0 Å². The molecular weight excluding hydrogens is 328 g/mol. The number of carbonyl (C=O) groups excluding carboxylic acids is 3. The van der Waals surface area contributed by atoms with Gasteiger partial charge in [0.1, 0.15) is 12.1 Å². The highest BCUT2D eigenvalue weighted by molar-refractivity contribution is 7.07. The van der Waals surface area contributed by atoms with Crippen LogP contribution in [0.4, 0.5) is 4.79 Å². The van der Waals surface area contributed by atoms with Crippen molar-refractivity contribution in [2.45, 2.75) is 44.7 Å². The van der Waals surface area contributed by atoms with Crippen molar-refractivity contribution < 1.29 is 14.4 Å². The summed E-state index contributed by atoms with van der Waals surface area (Å²) in [6.07, 6.45) is 3.55. The number of thiazole rings is 1. The quantitative estimate of drug-likeness (QED) is 0.836. The molecule has 0 bridgehead atoms. The maximum Gasteiger partial charge on any atom is 0.325 e. The molecule has 0 aromatic carbocycles. The Bertz CT molecular complexity index is 648. The van der Waals surface area contributed by atoms with Gasteiger partial charge in [-0.1, -0.05) is 19.8 Å². The Hall–Kier alpha value is -1.96. The first-order valence-electron chi connectivity index (χ1n) is 8.19. The third kappa shape index (κ3) is 2.90. The van der Waals surface area contributed by atoms with E-state index in [1.54, 1.807) is 12.6 Å². The van der Waals surface area contributed by atoms with E-state index in [1.807, 2.05) is 12.3 Å². The smallest absolute Gasteiger partial charge is 0.325 e. The van der Waals surface area contributed by atoms with E-state index in [1.165, 1.54) is 16.2 Å². The number of nitrogens with zero attached hydrogens (tertiary/aromatic N) is 3. The van der Waals surface area contributed by atoms with E-state index in [4.69, 9.17) is 0 Å². The lowest BCUT2D eigenvalue weighted by molar-refractivity contribution is -0.140. The summed E-state index contributed by atoms with van der Waals surface area (Å²) < 4.78 is 0. The Kier molecular flexibility index (Phi) is 4.58. The topological polar surface area (TPSA) is 82.6 Å². The van der Waals surface area contributed by atoms with Gasteiger partial charge in [0.15, 0.2) is 0 Å². The molecule has 130 valence electrons. The molecule has 1 aromatic rings. The summed E-state index contributed by atoms with van der Waals surface area (Å²) in [5.41, 5.74) is 1.69. The fraction of sp³-hybridized carbons (Fsp3) is 0.625. The normalized spacial score (nSPS) is 26.8. The number of imide groups is 1. The molecule has 7 nitrogen and oxygen atoms in total. The van der Waals surface area contributed by atoms with Crippen LogP contribution in [0.25, 0.3) is 0 Å². The third-order valence-electron chi connectivity index (χ3n) is 5.10. The summed E-state index contributed by atoms with van der Waals surface area (Å²) in [5.74, 6) is -0.433. The molecule has 1 aromatic heterocycles. The number of aromatic nitrogens is 1. The van der Waals surface area contributed by atoms with Crippen LogP contribution in [0.3, 0.4) is 0 Å². The van der Waals surface area contributed by atoms with Gasteiger partial charge in [-0.2, -0.15) is 0 Å². The highest BCUT2D eigenvalue weighted by Crippen LogP contribution is 2.38. The Labute approximate surface area is 145 Å². The number of amides is 4. The average Bonchev–Trinajstić information content (AvgIpc) is 3.13. The lowest BCUT2D eigenvalue weighted by Crippen LogP contribution is -2.54. The Balaban J connectivity index is 1.67. The molecule has 0 unspecified atom stereocenters. The molecular formula is C16H22N4O3S. The average molecular weight is 350 g/mol. The minimum atomic E-state index is -0.816. The van der Waals surface area contributed by atoms with Crippen molar-refractivity contribution in [3.05, 3.63) is 16.6 Å². The summed E-state index contributed by atoms with van der Waals surface area (Å²) in [6, 6.07) is -0.454. The van der Waals surface area contributed by atoms with Crippen LogP contribution in [0.1, 0.15) is 38.3 Å². The van der Waals surface area contributed by atoms with Crippen molar-refractivity contribution in [3.63, 3.8) is 0 Å². The summed E-state index contributed by atoms with van der Waals surface area (Å²) in [7, 11) is 1.65. The van der Waals surface area contributed by atoms with Crippen LogP contribution in [0.5, 0.6) is 0 Å². The summed E-state index contributed by atoms with van der Waals surface area (Å²) in [4.78, 5) is 44.2. The van der Waals surface area contributed by atoms with E-state index in [2.05, 4.69) is 10.3 Å². The molecule has 1 N–H and O–H groups in total. The van der Waals surface area contributed by atoms with Gasteiger partial charge in [0.2, 0.25) is 5.91 Å². The zero-order valence-electron chi connectivity index (χ0n) is 13.9. The molecule has 1 aliphatic carbocycles. The van der Waals surface area contributed by atoms with Gasteiger partial charge in [0, 0.05) is 12.4 Å². The lowest BCUT2D eigenvalue weighted by atomic mass is 9.73. The standard InChI is InChI=1S/C16H22N4O3S/c1-11-5-3-4-6-16(11)14(22)20(15(23)18-16)8-13(21)19(2)7-12-9-24-10-17-12/h9-11H,3-8H2,1-2H3,(H,18,23)/t11-,16+/m0/s1. The molecule has 2 aliphatic rings. The molecule has 24 heavy (non-hydrogen) atoms. The fourth-order valence-corrected chi connectivity index (χ4v) is 4.09. The first-order chi connectivity index (χ1) is 11.4. The van der Waals surface area contributed by atoms with Crippen LogP contribution in [0.15, 0.2) is 10.9 Å². The van der Waals surface area contributed by atoms with E-state index < -0.39 is 11.6 Å². The summed E-state index contributed by atoms with van der Waals surface area (Å²) in [5, 5.41) is 4.74. The number of rotatable bonds is 4. The van der Waals surface area contributed by atoms with Crippen molar-refractivity contribution in [1.29, 1.82) is 0 Å². The summed E-state index contributed by atoms with van der Waals surface area (Å²) >= 11 is 1.46.